The third-order valence-corrected chi connectivity index (χ3v) is 9.54. The number of hydrogen-bond donors (Lipinski definition) is 2. The standard InChI is InChI=1S/C27H30N4O3S/c1-4-26(2,3)17-9-10-18-19(14-28)23(35-21(18)13-17)29-22(32)15-31-24(33)27(30-25(31)34)12-11-16-7-5-6-8-20(16)27/h5-8,17H,4,9-13,15H2,1-3H3,(H,29,32)(H,30,34)/t17-,27+/m0/s1. The number of rotatable bonds is 5. The lowest BCUT2D eigenvalue weighted by atomic mass is 9.69. The highest BCUT2D eigenvalue weighted by atomic mass is 32.1. The van der Waals surface area contributed by atoms with Gasteiger partial charge in [0.05, 0.1) is 5.56 Å². The first-order valence-corrected chi connectivity index (χ1v) is 13.1. The number of thiophene rings is 1. The van der Waals surface area contributed by atoms with Crippen molar-refractivity contribution >= 4 is 34.2 Å². The Morgan fingerprint density at radius 1 is 1.31 bits per heavy atom. The largest absolute Gasteiger partial charge is 0.325 e. The predicted molar refractivity (Wildman–Crippen MR) is 134 cm³/mol. The third-order valence-electron chi connectivity index (χ3n) is 8.37. The monoisotopic (exact) mass is 490 g/mol. The second kappa shape index (κ2) is 8.49. The van der Waals surface area contributed by atoms with Crippen LogP contribution in [0.15, 0.2) is 24.3 Å². The Morgan fingerprint density at radius 3 is 2.83 bits per heavy atom. The molecule has 0 radical (unpaired) electrons. The highest BCUT2D eigenvalue weighted by molar-refractivity contribution is 7.16. The molecule has 2 aliphatic carbocycles. The van der Waals surface area contributed by atoms with Gasteiger partial charge in [-0.3, -0.25) is 14.5 Å². The quantitative estimate of drug-likeness (QED) is 0.603. The number of benzene rings is 1. The van der Waals surface area contributed by atoms with Crippen molar-refractivity contribution in [3.63, 3.8) is 0 Å². The molecule has 1 fully saturated rings. The molecule has 1 aliphatic heterocycles. The highest BCUT2D eigenvalue weighted by Gasteiger charge is 2.55. The van der Waals surface area contributed by atoms with Crippen LogP contribution in [-0.2, 0) is 34.4 Å². The minimum Gasteiger partial charge on any atom is -0.319 e. The van der Waals surface area contributed by atoms with Gasteiger partial charge in [0.25, 0.3) is 5.91 Å². The molecule has 0 unspecified atom stereocenters. The van der Waals surface area contributed by atoms with Gasteiger partial charge in [0.1, 0.15) is 23.2 Å². The number of carbonyl (C=O) groups is 3. The second-order valence-corrected chi connectivity index (χ2v) is 11.6. The van der Waals surface area contributed by atoms with Crippen LogP contribution in [0, 0.1) is 22.7 Å². The van der Waals surface area contributed by atoms with Crippen LogP contribution in [0.1, 0.15) is 67.2 Å². The van der Waals surface area contributed by atoms with E-state index in [0.29, 0.717) is 29.3 Å². The van der Waals surface area contributed by atoms with Crippen molar-refractivity contribution in [2.45, 2.75) is 64.8 Å². The SMILES string of the molecule is CCC(C)(C)[C@H]1CCc2c(sc(NC(=O)CN3C(=O)N[C@@]4(CCc5ccccc54)C3=O)c2C#N)C1. The van der Waals surface area contributed by atoms with Crippen LogP contribution in [0.4, 0.5) is 9.80 Å². The van der Waals surface area contributed by atoms with E-state index in [1.807, 2.05) is 24.3 Å². The Balaban J connectivity index is 1.32. The van der Waals surface area contributed by atoms with E-state index in [0.717, 1.165) is 52.2 Å². The Kier molecular flexibility index (Phi) is 5.71. The van der Waals surface area contributed by atoms with Crippen LogP contribution >= 0.6 is 11.3 Å². The van der Waals surface area contributed by atoms with Crippen LogP contribution in [0.3, 0.4) is 0 Å². The Labute approximate surface area is 209 Å². The summed E-state index contributed by atoms with van der Waals surface area (Å²) >= 11 is 1.46. The zero-order chi connectivity index (χ0) is 25.0. The fourth-order valence-corrected chi connectivity index (χ4v) is 7.08. The minimum absolute atomic E-state index is 0.218. The van der Waals surface area contributed by atoms with Gasteiger partial charge in [0, 0.05) is 4.88 Å². The van der Waals surface area contributed by atoms with E-state index in [-0.39, 0.29) is 12.0 Å². The maximum atomic E-state index is 13.3. The number of fused-ring (bicyclic) bond motifs is 3. The number of imide groups is 1. The third kappa shape index (κ3) is 3.73. The number of nitrogens with zero attached hydrogens (tertiary/aromatic N) is 2. The predicted octanol–water partition coefficient (Wildman–Crippen LogP) is 4.49. The number of anilines is 1. The molecule has 5 rings (SSSR count). The zero-order valence-electron chi connectivity index (χ0n) is 20.4. The first kappa shape index (κ1) is 23.6. The number of nitriles is 1. The van der Waals surface area contributed by atoms with Crippen molar-refractivity contribution < 1.29 is 14.4 Å². The van der Waals surface area contributed by atoms with E-state index in [1.54, 1.807) is 0 Å². The van der Waals surface area contributed by atoms with Crippen molar-refractivity contribution in [3.05, 3.63) is 51.4 Å². The Bertz CT molecular complexity index is 1270. The first-order valence-electron chi connectivity index (χ1n) is 12.3. The van der Waals surface area contributed by atoms with E-state index in [4.69, 9.17) is 0 Å². The number of hydrogen-bond acceptors (Lipinski definition) is 5. The molecule has 2 aromatic rings. The lowest BCUT2D eigenvalue weighted by molar-refractivity contribution is -0.134. The van der Waals surface area contributed by atoms with Crippen LogP contribution in [0.5, 0.6) is 0 Å². The summed E-state index contributed by atoms with van der Waals surface area (Å²) in [6.07, 6.45) is 5.03. The molecular weight excluding hydrogens is 460 g/mol. The van der Waals surface area contributed by atoms with Crippen molar-refractivity contribution in [2.75, 3.05) is 11.9 Å². The molecule has 1 spiro atoms. The summed E-state index contributed by atoms with van der Waals surface area (Å²) in [7, 11) is 0. The normalized spacial score (nSPS) is 23.1. The fraction of sp³-hybridized carbons (Fsp3) is 0.481. The van der Waals surface area contributed by atoms with Gasteiger partial charge in [-0.05, 0) is 60.1 Å². The van der Waals surface area contributed by atoms with Crippen LogP contribution in [0.2, 0.25) is 0 Å². The van der Waals surface area contributed by atoms with Crippen LogP contribution in [0.25, 0.3) is 0 Å². The summed E-state index contributed by atoms with van der Waals surface area (Å²) in [4.78, 5) is 41.2. The highest BCUT2D eigenvalue weighted by Crippen LogP contribution is 2.45. The van der Waals surface area contributed by atoms with E-state index in [2.05, 4.69) is 37.5 Å². The Morgan fingerprint density at radius 2 is 2.09 bits per heavy atom. The number of carbonyl (C=O) groups excluding carboxylic acids is 3. The molecule has 182 valence electrons. The second-order valence-electron chi connectivity index (χ2n) is 10.5. The van der Waals surface area contributed by atoms with Gasteiger partial charge >= 0.3 is 6.03 Å². The van der Waals surface area contributed by atoms with Gasteiger partial charge in [-0.25, -0.2) is 4.79 Å². The molecule has 1 aromatic heterocycles. The molecule has 0 bridgehead atoms. The summed E-state index contributed by atoms with van der Waals surface area (Å²) < 4.78 is 0. The lowest BCUT2D eigenvalue weighted by Crippen LogP contribution is -2.42. The van der Waals surface area contributed by atoms with Crippen molar-refractivity contribution in [1.82, 2.24) is 10.2 Å². The average Bonchev–Trinajstić information content (AvgIpc) is 3.46. The molecule has 2 N–H and O–H groups in total. The van der Waals surface area contributed by atoms with E-state index >= 15 is 0 Å². The first-order chi connectivity index (χ1) is 16.7. The van der Waals surface area contributed by atoms with Gasteiger partial charge in [0.2, 0.25) is 5.91 Å². The van der Waals surface area contributed by atoms with E-state index < -0.39 is 23.4 Å². The number of nitrogens with one attached hydrogen (secondary N) is 2. The van der Waals surface area contributed by atoms with E-state index in [9.17, 15) is 19.6 Å². The summed E-state index contributed by atoms with van der Waals surface area (Å²) in [6, 6.07) is 9.33. The maximum Gasteiger partial charge on any atom is 0.325 e. The van der Waals surface area contributed by atoms with Gasteiger partial charge in [-0.1, -0.05) is 51.5 Å². The Hall–Kier alpha value is -3.18. The molecule has 7 nitrogen and oxygen atoms in total. The molecule has 1 aromatic carbocycles. The summed E-state index contributed by atoms with van der Waals surface area (Å²) in [5.41, 5.74) is 2.53. The molecule has 2 atom stereocenters. The molecule has 8 heteroatoms. The van der Waals surface area contributed by atoms with Crippen LogP contribution in [-0.4, -0.2) is 29.3 Å². The zero-order valence-corrected chi connectivity index (χ0v) is 21.2. The van der Waals surface area contributed by atoms with Crippen LogP contribution < -0.4 is 10.6 Å². The lowest BCUT2D eigenvalue weighted by Gasteiger charge is -2.36. The fourth-order valence-electron chi connectivity index (χ4n) is 5.79. The van der Waals surface area contributed by atoms with Gasteiger partial charge in [-0.15, -0.1) is 11.3 Å². The number of amides is 4. The maximum absolute atomic E-state index is 13.3. The molecular formula is C27H30N4O3S. The van der Waals surface area contributed by atoms with Gasteiger partial charge < -0.3 is 10.6 Å². The summed E-state index contributed by atoms with van der Waals surface area (Å²) in [5.74, 6) is -0.333. The molecule has 2 heterocycles. The molecule has 4 amide bonds. The summed E-state index contributed by atoms with van der Waals surface area (Å²) in [5, 5.41) is 16.0. The van der Waals surface area contributed by atoms with Gasteiger partial charge in [0.15, 0.2) is 0 Å². The smallest absolute Gasteiger partial charge is 0.319 e. The average molecular weight is 491 g/mol. The molecule has 0 saturated carbocycles. The van der Waals surface area contributed by atoms with Gasteiger partial charge in [-0.2, -0.15) is 5.26 Å². The van der Waals surface area contributed by atoms with Crippen molar-refractivity contribution in [1.29, 1.82) is 5.26 Å². The van der Waals surface area contributed by atoms with Crippen molar-refractivity contribution in [3.8, 4) is 6.07 Å². The van der Waals surface area contributed by atoms with Crippen molar-refractivity contribution in [2.24, 2.45) is 11.3 Å². The summed E-state index contributed by atoms with van der Waals surface area (Å²) in [6.45, 7) is 6.41. The minimum atomic E-state index is -1.09. The van der Waals surface area contributed by atoms with E-state index in [1.165, 1.54) is 11.3 Å². The molecule has 3 aliphatic rings. The molecule has 35 heavy (non-hydrogen) atoms. The number of aryl methyl sites for hydroxylation is 1. The topological polar surface area (TPSA) is 102 Å². The number of urea groups is 1. The molecule has 1 saturated heterocycles.